The van der Waals surface area contributed by atoms with E-state index in [0.717, 1.165) is 12.0 Å². The molecule has 0 aliphatic heterocycles. The van der Waals surface area contributed by atoms with Crippen LogP contribution in [0.25, 0.3) is 0 Å². The maximum absolute atomic E-state index is 11.7. The summed E-state index contributed by atoms with van der Waals surface area (Å²) in [7, 11) is 1.34. The van der Waals surface area contributed by atoms with Crippen molar-refractivity contribution in [3.63, 3.8) is 0 Å². The molecule has 1 aromatic carbocycles. The van der Waals surface area contributed by atoms with Crippen LogP contribution in [0.5, 0.6) is 0 Å². The number of carbonyl (C=O) groups is 1. The van der Waals surface area contributed by atoms with Crippen LogP contribution in [0.4, 0.5) is 5.69 Å². The van der Waals surface area contributed by atoms with Crippen LogP contribution < -0.4 is 5.73 Å². The summed E-state index contributed by atoms with van der Waals surface area (Å²) in [5.41, 5.74) is 7.39. The van der Waals surface area contributed by atoms with E-state index in [0.29, 0.717) is 24.5 Å². The molecule has 2 N–H and O–H groups in total. The molecule has 0 unspecified atom stereocenters. The molecule has 106 valence electrons. The molecular weight excluding hydrogens is 274 g/mol. The molecule has 0 spiro atoms. The van der Waals surface area contributed by atoms with E-state index < -0.39 is 5.97 Å². The molecule has 2 aromatic rings. The fourth-order valence-electron chi connectivity index (χ4n) is 1.90. The van der Waals surface area contributed by atoms with E-state index in [9.17, 15) is 4.79 Å². The first-order valence-corrected chi connectivity index (χ1v) is 7.16. The molecular formula is C15H17NO3S. The summed E-state index contributed by atoms with van der Waals surface area (Å²) in [6.45, 7) is 0.955. The first-order chi connectivity index (χ1) is 9.72. The summed E-state index contributed by atoms with van der Waals surface area (Å²) in [6.07, 6.45) is 0.869. The maximum Gasteiger partial charge on any atom is 0.340 e. The topological polar surface area (TPSA) is 61.5 Å². The number of methoxy groups -OCH3 is 1. The zero-order chi connectivity index (χ0) is 14.4. The Morgan fingerprint density at radius 2 is 2.15 bits per heavy atom. The minimum atomic E-state index is -0.431. The molecule has 0 aliphatic carbocycles. The highest BCUT2D eigenvalue weighted by Crippen LogP contribution is 2.19. The minimum absolute atomic E-state index is 0.348. The Morgan fingerprint density at radius 3 is 2.85 bits per heavy atom. The monoisotopic (exact) mass is 291 g/mol. The van der Waals surface area contributed by atoms with Gasteiger partial charge in [-0.3, -0.25) is 0 Å². The van der Waals surface area contributed by atoms with Crippen molar-refractivity contribution in [1.82, 2.24) is 0 Å². The van der Waals surface area contributed by atoms with Gasteiger partial charge in [0.1, 0.15) is 0 Å². The van der Waals surface area contributed by atoms with Crippen LogP contribution in [0.15, 0.2) is 35.7 Å². The Morgan fingerprint density at radius 1 is 1.30 bits per heavy atom. The minimum Gasteiger partial charge on any atom is -0.465 e. The van der Waals surface area contributed by atoms with Crippen molar-refractivity contribution >= 4 is 23.0 Å². The van der Waals surface area contributed by atoms with Crippen LogP contribution in [0.1, 0.15) is 20.8 Å². The fourth-order valence-corrected chi connectivity index (χ4v) is 2.59. The first kappa shape index (κ1) is 14.6. The van der Waals surface area contributed by atoms with Crippen molar-refractivity contribution in [1.29, 1.82) is 0 Å². The normalized spacial score (nSPS) is 10.4. The number of carbonyl (C=O) groups excluding carboxylic acids is 1. The molecule has 0 bridgehead atoms. The van der Waals surface area contributed by atoms with Gasteiger partial charge in [0.25, 0.3) is 0 Å². The van der Waals surface area contributed by atoms with E-state index in [1.807, 2.05) is 17.5 Å². The number of hydrogen-bond donors (Lipinski definition) is 1. The lowest BCUT2D eigenvalue weighted by Gasteiger charge is -2.10. The van der Waals surface area contributed by atoms with Crippen LogP contribution in [-0.4, -0.2) is 19.7 Å². The molecule has 1 heterocycles. The van der Waals surface area contributed by atoms with Gasteiger partial charge in [-0.05, 0) is 23.1 Å². The van der Waals surface area contributed by atoms with Gasteiger partial charge in [0.15, 0.2) is 0 Å². The van der Waals surface area contributed by atoms with E-state index in [1.54, 1.807) is 23.5 Å². The van der Waals surface area contributed by atoms with Gasteiger partial charge < -0.3 is 15.2 Å². The van der Waals surface area contributed by atoms with Crippen LogP contribution in [0.2, 0.25) is 0 Å². The molecule has 0 saturated heterocycles. The third-order valence-corrected chi connectivity index (χ3v) is 3.84. The molecule has 0 aliphatic rings. The molecule has 0 saturated carbocycles. The van der Waals surface area contributed by atoms with Crippen molar-refractivity contribution in [2.24, 2.45) is 0 Å². The van der Waals surface area contributed by atoms with Gasteiger partial charge in [0.2, 0.25) is 0 Å². The summed E-state index contributed by atoms with van der Waals surface area (Å²) in [5.74, 6) is -0.431. The average Bonchev–Trinajstić information content (AvgIpc) is 2.96. The molecule has 0 fully saturated rings. The van der Waals surface area contributed by atoms with Crippen molar-refractivity contribution in [3.05, 3.63) is 51.7 Å². The predicted molar refractivity (Wildman–Crippen MR) is 79.9 cm³/mol. The third-order valence-electron chi connectivity index (χ3n) is 2.90. The summed E-state index contributed by atoms with van der Waals surface area (Å²) in [6, 6.07) is 9.41. The van der Waals surface area contributed by atoms with Gasteiger partial charge in [-0.25, -0.2) is 4.79 Å². The number of rotatable bonds is 6. The highest BCUT2D eigenvalue weighted by Gasteiger charge is 2.15. The molecule has 0 atom stereocenters. The number of ether oxygens (including phenoxy) is 2. The van der Waals surface area contributed by atoms with Crippen LogP contribution in [-0.2, 0) is 22.5 Å². The van der Waals surface area contributed by atoms with Gasteiger partial charge in [0.05, 0.1) is 25.9 Å². The first-order valence-electron chi connectivity index (χ1n) is 6.28. The van der Waals surface area contributed by atoms with E-state index in [1.165, 1.54) is 12.0 Å². The van der Waals surface area contributed by atoms with Gasteiger partial charge >= 0.3 is 5.97 Å². The summed E-state index contributed by atoms with van der Waals surface area (Å²) >= 11 is 1.71. The zero-order valence-corrected chi connectivity index (χ0v) is 12.1. The standard InChI is InChI=1S/C15H17NO3S/c1-18-15(17)14-11(4-2-6-13(14)16)10-19-8-7-12-5-3-9-20-12/h2-6,9H,7-8,10,16H2,1H3. The fraction of sp³-hybridized carbons (Fsp3) is 0.267. The average molecular weight is 291 g/mol. The second-order valence-corrected chi connectivity index (χ2v) is 5.29. The lowest BCUT2D eigenvalue weighted by atomic mass is 10.1. The lowest BCUT2D eigenvalue weighted by Crippen LogP contribution is -2.11. The number of anilines is 1. The van der Waals surface area contributed by atoms with Crippen molar-refractivity contribution < 1.29 is 14.3 Å². The van der Waals surface area contributed by atoms with E-state index in [-0.39, 0.29) is 0 Å². The molecule has 2 rings (SSSR count). The number of esters is 1. The predicted octanol–water partition coefficient (Wildman–Crippen LogP) is 2.88. The maximum atomic E-state index is 11.7. The second kappa shape index (κ2) is 7.07. The molecule has 1 aromatic heterocycles. The molecule has 4 nitrogen and oxygen atoms in total. The van der Waals surface area contributed by atoms with E-state index in [2.05, 4.69) is 6.07 Å². The summed E-state index contributed by atoms with van der Waals surface area (Å²) in [4.78, 5) is 13.0. The Balaban J connectivity index is 1.95. The largest absolute Gasteiger partial charge is 0.465 e. The zero-order valence-electron chi connectivity index (χ0n) is 11.3. The second-order valence-electron chi connectivity index (χ2n) is 4.25. The Bertz CT molecular complexity index is 567. The van der Waals surface area contributed by atoms with Crippen molar-refractivity contribution in [3.8, 4) is 0 Å². The van der Waals surface area contributed by atoms with Gasteiger partial charge in [-0.1, -0.05) is 18.2 Å². The molecule has 0 radical (unpaired) electrons. The SMILES string of the molecule is COC(=O)c1c(N)cccc1COCCc1cccs1. The Kier molecular flexibility index (Phi) is 5.15. The summed E-state index contributed by atoms with van der Waals surface area (Å²) in [5, 5.41) is 2.04. The van der Waals surface area contributed by atoms with E-state index in [4.69, 9.17) is 15.2 Å². The summed E-state index contributed by atoms with van der Waals surface area (Å²) < 4.78 is 10.4. The number of nitrogens with two attached hydrogens (primary N) is 1. The Hall–Kier alpha value is -1.85. The van der Waals surface area contributed by atoms with Crippen LogP contribution in [0, 0.1) is 0 Å². The number of benzene rings is 1. The third kappa shape index (κ3) is 3.59. The smallest absolute Gasteiger partial charge is 0.340 e. The number of thiophene rings is 1. The highest BCUT2D eigenvalue weighted by atomic mass is 32.1. The number of nitrogen functional groups attached to an aromatic ring is 1. The van der Waals surface area contributed by atoms with Crippen LogP contribution in [0.3, 0.4) is 0 Å². The molecule has 5 heteroatoms. The van der Waals surface area contributed by atoms with Gasteiger partial charge in [-0.15, -0.1) is 11.3 Å². The van der Waals surface area contributed by atoms with Crippen molar-refractivity contribution in [2.75, 3.05) is 19.5 Å². The molecule has 20 heavy (non-hydrogen) atoms. The highest BCUT2D eigenvalue weighted by molar-refractivity contribution is 7.09. The number of hydrogen-bond acceptors (Lipinski definition) is 5. The van der Waals surface area contributed by atoms with Crippen molar-refractivity contribution in [2.45, 2.75) is 13.0 Å². The quantitative estimate of drug-likeness (QED) is 0.505. The lowest BCUT2D eigenvalue weighted by molar-refractivity contribution is 0.0594. The van der Waals surface area contributed by atoms with Gasteiger partial charge in [-0.2, -0.15) is 0 Å². The van der Waals surface area contributed by atoms with E-state index >= 15 is 0 Å². The van der Waals surface area contributed by atoms with Gasteiger partial charge in [0, 0.05) is 17.0 Å². The Labute approximate surface area is 122 Å². The van der Waals surface area contributed by atoms with Crippen LogP contribution >= 0.6 is 11.3 Å². The molecule has 0 amide bonds.